The zero-order valence-corrected chi connectivity index (χ0v) is 7.24. The summed E-state index contributed by atoms with van der Waals surface area (Å²) >= 11 is -5.14. The van der Waals surface area contributed by atoms with Crippen molar-refractivity contribution in [3.05, 3.63) is 0 Å². The monoisotopic (exact) mass is 337 g/mol. The van der Waals surface area contributed by atoms with Crippen molar-refractivity contribution in [1.82, 2.24) is 0 Å². The van der Waals surface area contributed by atoms with Crippen LogP contribution in [0.5, 0.6) is 0 Å². The van der Waals surface area contributed by atoms with Crippen molar-refractivity contribution in [2.24, 2.45) is 0 Å². The third kappa shape index (κ3) is 24.7. The number of rotatable bonds is 0. The van der Waals surface area contributed by atoms with E-state index in [1.807, 2.05) is 0 Å². The molecule has 1 radical (unpaired) electrons. The zero-order valence-electron chi connectivity index (χ0n) is 2.01. The number of hydrogen-bond acceptors (Lipinski definition) is 0. The van der Waals surface area contributed by atoms with Gasteiger partial charge in [-0.15, -0.1) is 0 Å². The third-order valence-corrected chi connectivity index (χ3v) is 0. The van der Waals surface area contributed by atoms with E-state index < -0.39 is 23.2 Å². The Hall–Kier alpha value is 1.92. The molecular weight excluding hydrogens is 337 g/mol. The summed E-state index contributed by atoms with van der Waals surface area (Å²) in [6.07, 6.45) is 0. The van der Waals surface area contributed by atoms with Crippen LogP contribution in [0.15, 0.2) is 0 Å². The fourth-order valence-corrected chi connectivity index (χ4v) is 0. The minimum absolute atomic E-state index is 0. The van der Waals surface area contributed by atoms with Crippen LogP contribution < -0.4 is 0 Å². The molecule has 0 aliphatic rings. The normalized spacial score (nSPS) is 5.40. The Morgan fingerprint density at radius 1 is 1.00 bits per heavy atom. The summed E-state index contributed by atoms with van der Waals surface area (Å²) in [5.74, 6) is 0. The molecule has 0 aromatic carbocycles. The van der Waals surface area contributed by atoms with Crippen LogP contribution in [0.2, 0.25) is 0 Å². The Balaban J connectivity index is 0. The van der Waals surface area contributed by atoms with Crippen LogP contribution in [0.3, 0.4) is 0 Å². The standard InChI is InChI=1S/3FH.Ho.In/h3*1H;;/q;;;;+3/p-3. The molecule has 0 aromatic heterocycles. The molecule has 0 amide bonds. The summed E-state index contributed by atoms with van der Waals surface area (Å²) in [4.78, 5) is 0. The van der Waals surface area contributed by atoms with Gasteiger partial charge in [-0.1, -0.05) is 0 Å². The average molecular weight is 337 g/mol. The second-order valence-corrected chi connectivity index (χ2v) is 1.66. The maximum Gasteiger partial charge on any atom is 0 e. The van der Waals surface area contributed by atoms with Crippen LogP contribution in [0.1, 0.15) is 0 Å². The summed E-state index contributed by atoms with van der Waals surface area (Å²) in [6.45, 7) is 0. The van der Waals surface area contributed by atoms with Gasteiger partial charge >= 0.3 is 31.2 Å². The van der Waals surface area contributed by atoms with E-state index in [1.165, 1.54) is 0 Å². The van der Waals surface area contributed by atoms with Gasteiger partial charge in [-0.05, 0) is 0 Å². The van der Waals surface area contributed by atoms with Gasteiger partial charge in [-0.2, -0.15) is 0 Å². The van der Waals surface area contributed by atoms with Crippen molar-refractivity contribution >= 4 is 23.2 Å². The van der Waals surface area contributed by atoms with E-state index in [0.29, 0.717) is 0 Å². The molecule has 0 aliphatic heterocycles. The molecule has 0 fully saturated rings. The van der Waals surface area contributed by atoms with Gasteiger partial charge in [0.1, 0.15) is 0 Å². The molecule has 5 heteroatoms. The molecule has 0 saturated heterocycles. The van der Waals surface area contributed by atoms with Gasteiger partial charge in [-0.25, -0.2) is 0 Å². The number of halogens is 3. The first-order valence-electron chi connectivity index (χ1n) is 0.655. The Bertz CT molecular complexity index is 11.6. The molecule has 0 bridgehead atoms. The summed E-state index contributed by atoms with van der Waals surface area (Å²) in [6, 6.07) is 0. The molecule has 0 atom stereocenters. The van der Waals surface area contributed by atoms with Gasteiger partial charge in [0.05, 0.1) is 0 Å². The average Bonchev–Trinajstić information content (AvgIpc) is 0.811. The van der Waals surface area contributed by atoms with Crippen molar-refractivity contribution in [3.8, 4) is 0 Å². The third-order valence-electron chi connectivity index (χ3n) is 0. The fourth-order valence-electron chi connectivity index (χ4n) is 0. The summed E-state index contributed by atoms with van der Waals surface area (Å²) < 4.78 is 29.6. The molecule has 35 valence electrons. The predicted octanol–water partition coefficient (Wildman–Crippen LogP) is 0.880. The molecular formula is F3HoIn. The van der Waals surface area contributed by atoms with Crippen LogP contribution in [-0.4, -0.2) is 23.2 Å². The molecule has 0 N–H and O–H groups in total. The van der Waals surface area contributed by atoms with Crippen molar-refractivity contribution < 1.29 is 45.7 Å². The largest absolute Gasteiger partial charge is 0 e. The molecule has 0 heterocycles. The molecule has 0 spiro atoms. The van der Waals surface area contributed by atoms with Crippen LogP contribution >= 0.6 is 0 Å². The van der Waals surface area contributed by atoms with E-state index in [0.717, 1.165) is 0 Å². The van der Waals surface area contributed by atoms with E-state index in [2.05, 4.69) is 0 Å². The van der Waals surface area contributed by atoms with Crippen LogP contribution in [0.4, 0.5) is 7.99 Å². The first-order valence-corrected chi connectivity index (χ1v) is 4.39. The van der Waals surface area contributed by atoms with Crippen LogP contribution in [0.25, 0.3) is 0 Å². The Labute approximate surface area is 67.9 Å². The van der Waals surface area contributed by atoms with Gasteiger partial charge in [0.2, 0.25) is 0 Å². The van der Waals surface area contributed by atoms with Crippen molar-refractivity contribution in [1.29, 1.82) is 0 Å². The van der Waals surface area contributed by atoms with Crippen LogP contribution in [0, 0.1) is 37.7 Å². The van der Waals surface area contributed by atoms with Crippen LogP contribution in [-0.2, 0) is 0 Å². The molecule has 0 unspecified atom stereocenters. The summed E-state index contributed by atoms with van der Waals surface area (Å²) in [7, 11) is 0. The fraction of sp³-hybridized carbons (Fsp3) is 0. The van der Waals surface area contributed by atoms with Crippen molar-refractivity contribution in [3.63, 3.8) is 0 Å². The second kappa shape index (κ2) is 5.92. The molecule has 0 aromatic rings. The molecule has 0 rings (SSSR count). The van der Waals surface area contributed by atoms with Crippen molar-refractivity contribution in [2.75, 3.05) is 0 Å². The quantitative estimate of drug-likeness (QED) is 0.576. The molecule has 0 aliphatic carbocycles. The summed E-state index contributed by atoms with van der Waals surface area (Å²) in [5, 5.41) is 0. The molecule has 5 heavy (non-hydrogen) atoms. The second-order valence-electron chi connectivity index (χ2n) is 0.247. The number of hydrogen-bond donors (Lipinski definition) is 0. The minimum Gasteiger partial charge on any atom is 0 e. The summed E-state index contributed by atoms with van der Waals surface area (Å²) in [5.41, 5.74) is 0. The van der Waals surface area contributed by atoms with Gasteiger partial charge in [0, 0.05) is 37.7 Å². The molecule has 0 saturated carbocycles. The SMILES string of the molecule is [F][In]([F])[F].[Ho]. The van der Waals surface area contributed by atoms with E-state index in [4.69, 9.17) is 0 Å². The molecule has 0 nitrogen and oxygen atoms in total. The van der Waals surface area contributed by atoms with Gasteiger partial charge in [0.25, 0.3) is 0 Å². The van der Waals surface area contributed by atoms with Gasteiger partial charge in [-0.3, -0.25) is 0 Å². The van der Waals surface area contributed by atoms with Gasteiger partial charge < -0.3 is 0 Å². The topological polar surface area (TPSA) is 0 Å². The van der Waals surface area contributed by atoms with E-state index in [9.17, 15) is 7.99 Å². The van der Waals surface area contributed by atoms with E-state index in [1.54, 1.807) is 0 Å². The van der Waals surface area contributed by atoms with E-state index in [-0.39, 0.29) is 37.7 Å². The zero-order chi connectivity index (χ0) is 3.58. The first-order chi connectivity index (χ1) is 1.73. The maximum atomic E-state index is 9.88. The van der Waals surface area contributed by atoms with Gasteiger partial charge in [0.15, 0.2) is 0 Å². The first kappa shape index (κ1) is 10.0. The van der Waals surface area contributed by atoms with Crippen molar-refractivity contribution in [2.45, 2.75) is 0 Å². The predicted molar refractivity (Wildman–Crippen MR) is 9.08 cm³/mol. The minimum atomic E-state index is -5.14. The maximum absolute atomic E-state index is 9.88. The Morgan fingerprint density at radius 3 is 1.00 bits per heavy atom. The Morgan fingerprint density at radius 2 is 1.00 bits per heavy atom. The smallest absolute Gasteiger partial charge is 0 e. The van der Waals surface area contributed by atoms with E-state index >= 15 is 0 Å². The Kier molecular flexibility index (Phi) is 11.9.